The fraction of sp³-hybridized carbons (Fsp3) is 0.312. The number of hydrogen-bond acceptors (Lipinski definition) is 5. The second-order valence-electron chi connectivity index (χ2n) is 5.28. The lowest BCUT2D eigenvalue weighted by Gasteiger charge is -2.21. The van der Waals surface area contributed by atoms with Gasteiger partial charge in [0, 0.05) is 6.42 Å². The van der Waals surface area contributed by atoms with Crippen LogP contribution in [-0.4, -0.2) is 31.4 Å². The average Bonchev–Trinajstić information content (AvgIpc) is 3.16. The molecule has 7 heteroatoms. The second-order valence-corrected chi connectivity index (χ2v) is 8.07. The van der Waals surface area contributed by atoms with Gasteiger partial charge in [0.2, 0.25) is 10.0 Å². The van der Waals surface area contributed by atoms with Gasteiger partial charge in [-0.15, -0.1) is 11.3 Å². The summed E-state index contributed by atoms with van der Waals surface area (Å²) in [6, 6.07) is 11.1. The Hall–Kier alpha value is -1.86. The van der Waals surface area contributed by atoms with E-state index in [4.69, 9.17) is 4.74 Å². The molecule has 0 radical (unpaired) electrons. The van der Waals surface area contributed by atoms with Crippen LogP contribution < -0.4 is 4.74 Å². The fourth-order valence-corrected chi connectivity index (χ4v) is 4.24. The molecule has 122 valence electrons. The summed E-state index contributed by atoms with van der Waals surface area (Å²) in [6.07, 6.45) is 1.75. The SMILES string of the molecule is CCOc1cccc(C2CC(c3cccs3)=NN2S(C)(=O)=O)c1. The van der Waals surface area contributed by atoms with Crippen molar-refractivity contribution >= 4 is 27.1 Å². The fourth-order valence-electron chi connectivity index (χ4n) is 2.61. The molecule has 0 aliphatic carbocycles. The first-order valence-electron chi connectivity index (χ1n) is 7.32. The molecule has 1 aromatic heterocycles. The summed E-state index contributed by atoms with van der Waals surface area (Å²) in [6.45, 7) is 2.49. The van der Waals surface area contributed by atoms with E-state index in [9.17, 15) is 8.42 Å². The zero-order valence-electron chi connectivity index (χ0n) is 13.0. The van der Waals surface area contributed by atoms with Crippen LogP contribution in [0.3, 0.4) is 0 Å². The van der Waals surface area contributed by atoms with Gasteiger partial charge < -0.3 is 4.74 Å². The highest BCUT2D eigenvalue weighted by Crippen LogP contribution is 2.36. The zero-order valence-corrected chi connectivity index (χ0v) is 14.6. The van der Waals surface area contributed by atoms with Gasteiger partial charge >= 0.3 is 0 Å². The van der Waals surface area contributed by atoms with Crippen LogP contribution in [0.4, 0.5) is 0 Å². The highest BCUT2D eigenvalue weighted by molar-refractivity contribution is 7.88. The molecular formula is C16H18N2O3S2. The van der Waals surface area contributed by atoms with Gasteiger partial charge in [-0.1, -0.05) is 18.2 Å². The van der Waals surface area contributed by atoms with E-state index in [-0.39, 0.29) is 6.04 Å². The van der Waals surface area contributed by atoms with Crippen LogP contribution >= 0.6 is 11.3 Å². The van der Waals surface area contributed by atoms with Crippen LogP contribution in [0.25, 0.3) is 0 Å². The lowest BCUT2D eigenvalue weighted by molar-refractivity contribution is 0.336. The smallest absolute Gasteiger partial charge is 0.247 e. The maximum atomic E-state index is 12.1. The van der Waals surface area contributed by atoms with Crippen molar-refractivity contribution in [2.75, 3.05) is 12.9 Å². The van der Waals surface area contributed by atoms with E-state index in [0.29, 0.717) is 13.0 Å². The van der Waals surface area contributed by atoms with Gasteiger partial charge in [-0.3, -0.25) is 0 Å². The highest BCUT2D eigenvalue weighted by Gasteiger charge is 2.34. The standard InChI is InChI=1S/C16H18N2O3S2/c1-3-21-13-7-4-6-12(10-13)15-11-14(16-8-5-9-22-16)17-18(15)23(2,19)20/h4-10,15H,3,11H2,1-2H3. The maximum Gasteiger partial charge on any atom is 0.247 e. The largest absolute Gasteiger partial charge is 0.494 e. The number of hydrogen-bond donors (Lipinski definition) is 0. The molecule has 0 amide bonds. The summed E-state index contributed by atoms with van der Waals surface area (Å²) < 4.78 is 31.0. The minimum atomic E-state index is -3.44. The molecule has 2 heterocycles. The van der Waals surface area contributed by atoms with E-state index in [2.05, 4.69) is 5.10 Å². The Bertz CT molecular complexity index is 814. The van der Waals surface area contributed by atoms with E-state index < -0.39 is 10.0 Å². The predicted octanol–water partition coefficient (Wildman–Crippen LogP) is 3.26. The quantitative estimate of drug-likeness (QED) is 0.832. The van der Waals surface area contributed by atoms with Crippen molar-refractivity contribution in [3.63, 3.8) is 0 Å². The lowest BCUT2D eigenvalue weighted by Crippen LogP contribution is -2.25. The first-order valence-corrected chi connectivity index (χ1v) is 10.1. The minimum absolute atomic E-state index is 0.331. The van der Waals surface area contributed by atoms with Gasteiger partial charge in [-0.2, -0.15) is 9.52 Å². The summed E-state index contributed by atoms with van der Waals surface area (Å²) in [7, 11) is -3.44. The van der Waals surface area contributed by atoms with Gasteiger partial charge in [-0.25, -0.2) is 8.42 Å². The third-order valence-corrected chi connectivity index (χ3v) is 5.51. The molecule has 0 saturated carbocycles. The number of ether oxygens (including phenoxy) is 1. The van der Waals surface area contributed by atoms with Crippen LogP contribution in [0.15, 0.2) is 46.9 Å². The Kier molecular flexibility index (Phi) is 4.41. The molecule has 0 N–H and O–H groups in total. The maximum absolute atomic E-state index is 12.1. The highest BCUT2D eigenvalue weighted by atomic mass is 32.2. The summed E-state index contributed by atoms with van der Waals surface area (Å²) in [5, 5.41) is 6.33. The second kappa shape index (κ2) is 6.33. The van der Waals surface area contributed by atoms with Crippen molar-refractivity contribution < 1.29 is 13.2 Å². The zero-order chi connectivity index (χ0) is 16.4. The van der Waals surface area contributed by atoms with Crippen LogP contribution in [0, 0.1) is 0 Å². The van der Waals surface area contributed by atoms with E-state index in [1.165, 1.54) is 10.7 Å². The average molecular weight is 350 g/mol. The predicted molar refractivity (Wildman–Crippen MR) is 92.5 cm³/mol. The number of nitrogens with zero attached hydrogens (tertiary/aromatic N) is 2. The first-order chi connectivity index (χ1) is 11.0. The Morgan fingerprint density at radius 3 is 2.83 bits per heavy atom. The topological polar surface area (TPSA) is 59.0 Å². The number of benzene rings is 1. The number of hydrazone groups is 1. The summed E-state index contributed by atoms with van der Waals surface area (Å²) >= 11 is 1.56. The Morgan fingerprint density at radius 2 is 2.17 bits per heavy atom. The molecule has 1 aromatic carbocycles. The van der Waals surface area contributed by atoms with Crippen molar-refractivity contribution in [2.24, 2.45) is 5.10 Å². The monoisotopic (exact) mass is 350 g/mol. The summed E-state index contributed by atoms with van der Waals surface area (Å²) in [5.41, 5.74) is 1.69. The molecule has 2 aromatic rings. The molecular weight excluding hydrogens is 332 g/mol. The van der Waals surface area contributed by atoms with Crippen LogP contribution in [0.5, 0.6) is 5.75 Å². The van der Waals surface area contributed by atoms with Crippen LogP contribution in [-0.2, 0) is 10.0 Å². The molecule has 0 saturated heterocycles. The van der Waals surface area contributed by atoms with Crippen LogP contribution in [0.1, 0.15) is 29.8 Å². The summed E-state index contributed by atoms with van der Waals surface area (Å²) in [4.78, 5) is 1.00. The number of sulfonamides is 1. The third-order valence-electron chi connectivity index (χ3n) is 3.57. The minimum Gasteiger partial charge on any atom is -0.494 e. The molecule has 0 fully saturated rings. The van der Waals surface area contributed by atoms with Crippen molar-refractivity contribution in [1.29, 1.82) is 0 Å². The number of rotatable bonds is 5. The van der Waals surface area contributed by atoms with E-state index >= 15 is 0 Å². The molecule has 0 bridgehead atoms. The molecule has 1 aliphatic heterocycles. The summed E-state index contributed by atoms with van der Waals surface area (Å²) in [5.74, 6) is 0.739. The molecule has 1 unspecified atom stereocenters. The van der Waals surface area contributed by atoms with Gasteiger partial charge in [-0.05, 0) is 36.1 Å². The Morgan fingerprint density at radius 1 is 1.35 bits per heavy atom. The van der Waals surface area contributed by atoms with E-state index in [1.54, 1.807) is 11.3 Å². The van der Waals surface area contributed by atoms with Crippen molar-refractivity contribution in [3.05, 3.63) is 52.2 Å². The van der Waals surface area contributed by atoms with E-state index in [0.717, 1.165) is 21.9 Å². The van der Waals surface area contributed by atoms with E-state index in [1.807, 2.05) is 48.7 Å². The Labute approximate surface area is 140 Å². The molecule has 5 nitrogen and oxygen atoms in total. The molecule has 0 spiro atoms. The first kappa shape index (κ1) is 16.0. The van der Waals surface area contributed by atoms with Gasteiger partial charge in [0.05, 0.1) is 29.5 Å². The molecule has 3 rings (SSSR count). The third kappa shape index (κ3) is 3.40. The lowest BCUT2D eigenvalue weighted by atomic mass is 10.0. The Balaban J connectivity index is 1.97. The normalized spacial score (nSPS) is 18.1. The van der Waals surface area contributed by atoms with Crippen molar-refractivity contribution in [1.82, 2.24) is 4.41 Å². The molecule has 1 atom stereocenters. The van der Waals surface area contributed by atoms with Gasteiger partial charge in [0.1, 0.15) is 5.75 Å². The molecule has 1 aliphatic rings. The molecule has 23 heavy (non-hydrogen) atoms. The van der Waals surface area contributed by atoms with Gasteiger partial charge in [0.15, 0.2) is 0 Å². The van der Waals surface area contributed by atoms with Crippen LogP contribution in [0.2, 0.25) is 0 Å². The van der Waals surface area contributed by atoms with Crippen molar-refractivity contribution in [3.8, 4) is 5.75 Å². The van der Waals surface area contributed by atoms with Crippen molar-refractivity contribution in [2.45, 2.75) is 19.4 Å². The van der Waals surface area contributed by atoms with Gasteiger partial charge in [0.25, 0.3) is 0 Å². The number of thiophene rings is 1.